The van der Waals surface area contributed by atoms with Crippen molar-refractivity contribution in [2.45, 2.75) is 32.9 Å². The lowest BCUT2D eigenvalue weighted by Gasteiger charge is -2.46. The molecule has 1 unspecified atom stereocenters. The van der Waals surface area contributed by atoms with Gasteiger partial charge in [-0.2, -0.15) is 0 Å². The molecule has 0 spiro atoms. The smallest absolute Gasteiger partial charge is 0.197 e. The number of morpholine rings is 1. The minimum absolute atomic E-state index is 0.0663. The van der Waals surface area contributed by atoms with Crippen LogP contribution in [0.1, 0.15) is 26.3 Å². The van der Waals surface area contributed by atoms with E-state index in [0.29, 0.717) is 5.11 Å². The number of hydrogen-bond acceptors (Lipinski definition) is 2. The fourth-order valence-corrected chi connectivity index (χ4v) is 8.31. The molecule has 1 atom stereocenters. The van der Waals surface area contributed by atoms with E-state index in [-0.39, 0.29) is 5.16 Å². The molecule has 6 heteroatoms. The van der Waals surface area contributed by atoms with Gasteiger partial charge < -0.3 is 10.1 Å². The van der Waals surface area contributed by atoms with Crippen LogP contribution in [-0.4, -0.2) is 41.2 Å². The third-order valence-corrected chi connectivity index (χ3v) is 10.00. The molecule has 4 nitrogen and oxygen atoms in total. The van der Waals surface area contributed by atoms with E-state index in [9.17, 15) is 0 Å². The summed E-state index contributed by atoms with van der Waals surface area (Å²) in [4.78, 5) is 0. The highest BCUT2D eigenvalue weighted by atomic mass is 32.1. The summed E-state index contributed by atoms with van der Waals surface area (Å²) < 4.78 is 13.5. The molecule has 3 rings (SSSR count). The van der Waals surface area contributed by atoms with Crippen molar-refractivity contribution in [1.29, 1.82) is 0 Å². The Morgan fingerprint density at radius 2 is 1.64 bits per heavy atom. The number of aryl methyl sites for hydroxylation is 1. The van der Waals surface area contributed by atoms with Gasteiger partial charge in [0.25, 0.3) is 0 Å². The molecule has 1 fully saturated rings. The maximum absolute atomic E-state index is 5.77. The number of hydrogen-bond donors (Lipinski definition) is 1. The van der Waals surface area contributed by atoms with Gasteiger partial charge in [-0.3, -0.25) is 4.67 Å². The van der Waals surface area contributed by atoms with Crippen LogP contribution in [0.5, 0.6) is 0 Å². The molecular weight excluding hydrogens is 385 g/mol. The zero-order valence-corrected chi connectivity index (χ0v) is 18.9. The van der Waals surface area contributed by atoms with Gasteiger partial charge in [-0.1, -0.05) is 69.3 Å². The summed E-state index contributed by atoms with van der Waals surface area (Å²) >= 11 is 5.77. The quantitative estimate of drug-likeness (QED) is 0.548. The summed E-state index contributed by atoms with van der Waals surface area (Å²) in [6.45, 7) is 12.1. The van der Waals surface area contributed by atoms with Gasteiger partial charge in [0.1, 0.15) is 0 Å². The Labute approximate surface area is 174 Å². The van der Waals surface area contributed by atoms with E-state index in [0.717, 1.165) is 37.6 Å². The Morgan fingerprint density at radius 3 is 2.25 bits per heavy atom. The van der Waals surface area contributed by atoms with E-state index in [1.54, 1.807) is 0 Å². The molecular formula is C22H30N3OPS. The highest BCUT2D eigenvalue weighted by molar-refractivity contribution is 7.82. The molecule has 1 N–H and O–H groups in total. The van der Waals surface area contributed by atoms with Crippen molar-refractivity contribution in [1.82, 2.24) is 4.67 Å². The molecule has 1 aliphatic heterocycles. The predicted octanol–water partition coefficient (Wildman–Crippen LogP) is 5.26. The van der Waals surface area contributed by atoms with Crippen molar-refractivity contribution >= 4 is 35.5 Å². The molecule has 2 aromatic rings. The Balaban J connectivity index is 2.12. The van der Waals surface area contributed by atoms with Crippen LogP contribution in [0, 0.1) is 6.92 Å². The first-order valence-electron chi connectivity index (χ1n) is 9.72. The van der Waals surface area contributed by atoms with Gasteiger partial charge in [0, 0.05) is 29.2 Å². The van der Waals surface area contributed by atoms with Gasteiger partial charge in [-0.15, -0.1) is 0 Å². The van der Waals surface area contributed by atoms with Gasteiger partial charge in [-0.05, 0) is 30.8 Å². The van der Waals surface area contributed by atoms with E-state index in [1.807, 2.05) is 18.2 Å². The molecule has 28 heavy (non-hydrogen) atoms. The maximum atomic E-state index is 5.77. The standard InChI is InChI=1S/C22H30N3OPS/c1-18-10-8-9-13-20(18)23-21(28)24-27(22(2,3)4,19-11-6-5-7-12-19)25-14-16-26-17-15-25/h5-13H,14-17H2,1-4H3,(H,23,28). The second kappa shape index (κ2) is 8.87. The Morgan fingerprint density at radius 1 is 1.04 bits per heavy atom. The largest absolute Gasteiger partial charge is 0.379 e. The van der Waals surface area contributed by atoms with Crippen molar-refractivity contribution in [3.05, 3.63) is 60.2 Å². The van der Waals surface area contributed by atoms with Gasteiger partial charge in [0.05, 0.1) is 20.4 Å². The van der Waals surface area contributed by atoms with Crippen molar-refractivity contribution in [2.24, 2.45) is 4.74 Å². The average molecular weight is 416 g/mol. The van der Waals surface area contributed by atoms with Crippen LogP contribution in [0.15, 0.2) is 59.3 Å². The third-order valence-electron chi connectivity index (χ3n) is 5.07. The highest BCUT2D eigenvalue weighted by Gasteiger charge is 2.41. The number of ether oxygens (including phenoxy) is 1. The summed E-state index contributed by atoms with van der Waals surface area (Å²) in [6, 6.07) is 18.8. The zero-order chi connectivity index (χ0) is 20.2. The van der Waals surface area contributed by atoms with E-state index in [4.69, 9.17) is 21.7 Å². The van der Waals surface area contributed by atoms with Crippen molar-refractivity contribution in [3.8, 4) is 0 Å². The lowest BCUT2D eigenvalue weighted by Crippen LogP contribution is -2.43. The van der Waals surface area contributed by atoms with Gasteiger partial charge in [0.15, 0.2) is 5.11 Å². The first-order chi connectivity index (χ1) is 13.3. The van der Waals surface area contributed by atoms with E-state index in [1.165, 1.54) is 5.30 Å². The lowest BCUT2D eigenvalue weighted by atomic mass is 10.2. The summed E-state index contributed by atoms with van der Waals surface area (Å²) in [5, 5.41) is 5.13. The zero-order valence-electron chi connectivity index (χ0n) is 17.2. The molecule has 0 amide bonds. The van der Waals surface area contributed by atoms with Gasteiger partial charge >= 0.3 is 0 Å². The fourth-order valence-electron chi connectivity index (χ4n) is 3.71. The molecule has 1 heterocycles. The van der Waals surface area contributed by atoms with E-state index >= 15 is 0 Å². The molecule has 0 aliphatic carbocycles. The Kier molecular flexibility index (Phi) is 6.72. The monoisotopic (exact) mass is 415 g/mol. The predicted molar refractivity (Wildman–Crippen MR) is 125 cm³/mol. The Hall–Kier alpha value is -1.52. The minimum Gasteiger partial charge on any atom is -0.379 e. The number of nitrogens with zero attached hydrogens (tertiary/aromatic N) is 2. The van der Waals surface area contributed by atoms with Gasteiger partial charge in [0.2, 0.25) is 0 Å². The molecule has 1 aliphatic rings. The molecule has 0 radical (unpaired) electrons. The summed E-state index contributed by atoms with van der Waals surface area (Å²) in [7, 11) is -2.14. The number of rotatable bonds is 3. The molecule has 0 bridgehead atoms. The minimum atomic E-state index is -2.14. The maximum Gasteiger partial charge on any atom is 0.197 e. The first kappa shape index (κ1) is 21.2. The van der Waals surface area contributed by atoms with Crippen molar-refractivity contribution in [3.63, 3.8) is 0 Å². The first-order valence-corrected chi connectivity index (χ1v) is 11.8. The van der Waals surface area contributed by atoms with Crippen LogP contribution in [-0.2, 0) is 4.74 Å². The number of benzene rings is 2. The summed E-state index contributed by atoms with van der Waals surface area (Å²) in [6.07, 6.45) is 0. The van der Waals surface area contributed by atoms with Crippen molar-refractivity contribution < 1.29 is 4.74 Å². The van der Waals surface area contributed by atoms with E-state index < -0.39 is 7.21 Å². The molecule has 1 saturated heterocycles. The summed E-state index contributed by atoms with van der Waals surface area (Å²) in [5.41, 5.74) is 2.17. The average Bonchev–Trinajstić information content (AvgIpc) is 2.68. The van der Waals surface area contributed by atoms with Gasteiger partial charge in [-0.25, -0.2) is 4.74 Å². The second-order valence-electron chi connectivity index (χ2n) is 8.02. The van der Waals surface area contributed by atoms with Crippen LogP contribution in [0.4, 0.5) is 5.69 Å². The number of para-hydroxylation sites is 1. The van der Waals surface area contributed by atoms with Crippen molar-refractivity contribution in [2.75, 3.05) is 31.6 Å². The fraction of sp³-hybridized carbons (Fsp3) is 0.409. The van der Waals surface area contributed by atoms with E-state index in [2.05, 4.69) is 74.1 Å². The molecule has 0 aromatic heterocycles. The highest BCUT2D eigenvalue weighted by Crippen LogP contribution is 2.62. The molecule has 150 valence electrons. The van der Waals surface area contributed by atoms with Crippen LogP contribution in [0.3, 0.4) is 0 Å². The molecule has 2 aromatic carbocycles. The number of nitrogens with one attached hydrogen (secondary N) is 1. The normalized spacial score (nSPS) is 17.6. The second-order valence-corrected chi connectivity index (χ2v) is 12.2. The topological polar surface area (TPSA) is 36.9 Å². The SMILES string of the molecule is Cc1ccccc1NC(=S)N=P(c1ccccc1)(N1CCOCC1)C(C)(C)C. The van der Waals surface area contributed by atoms with Crippen LogP contribution < -0.4 is 10.6 Å². The van der Waals surface area contributed by atoms with Crippen LogP contribution >= 0.6 is 19.4 Å². The third kappa shape index (κ3) is 4.38. The Bertz CT molecular complexity index is 871. The van der Waals surface area contributed by atoms with Crippen LogP contribution in [0.25, 0.3) is 0 Å². The lowest BCUT2D eigenvalue weighted by molar-refractivity contribution is 0.0738. The molecule has 0 saturated carbocycles. The number of anilines is 1. The number of thiocarbonyl (C=S) groups is 1. The summed E-state index contributed by atoms with van der Waals surface area (Å²) in [5.74, 6) is 0. The van der Waals surface area contributed by atoms with Crippen LogP contribution in [0.2, 0.25) is 0 Å².